The average Bonchev–Trinajstić information content (AvgIpc) is 2.21. The molecule has 0 amide bonds. The van der Waals surface area contributed by atoms with Crippen LogP contribution >= 0.6 is 34.0 Å². The van der Waals surface area contributed by atoms with E-state index in [1.165, 1.54) is 11.1 Å². The smallest absolute Gasteiger partial charge is 0.00258 e. The zero-order chi connectivity index (χ0) is 8.93. The Kier molecular flexibility index (Phi) is 7.35. The van der Waals surface area contributed by atoms with Crippen LogP contribution in [0.1, 0.15) is 11.1 Å². The van der Waals surface area contributed by atoms with Crippen molar-refractivity contribution in [3.63, 3.8) is 0 Å². The first-order valence-corrected chi connectivity index (χ1v) is 4.53. The van der Waals surface area contributed by atoms with Gasteiger partial charge in [-0.3, -0.25) is 0 Å². The van der Waals surface area contributed by atoms with Crippen LogP contribution in [0.3, 0.4) is 0 Å². The van der Waals surface area contributed by atoms with Crippen LogP contribution in [0.4, 0.5) is 0 Å². The van der Waals surface area contributed by atoms with E-state index < -0.39 is 0 Å². The lowest BCUT2D eigenvalue weighted by Gasteiger charge is -2.00. The van der Waals surface area contributed by atoms with E-state index in [-0.39, 0.29) is 34.0 Å². The minimum Gasteiger partial charge on any atom is -0.114 e. The number of halogens is 2. The quantitative estimate of drug-likeness (QED) is 0.764. The van der Waals surface area contributed by atoms with Gasteiger partial charge in [-0.2, -0.15) is 0 Å². The highest BCUT2D eigenvalue weighted by atomic mass is 79.9. The fraction of sp³-hybridized carbons (Fsp3) is 0.0769. The summed E-state index contributed by atoms with van der Waals surface area (Å²) < 4.78 is 0. The average molecular weight is 330 g/mol. The van der Waals surface area contributed by atoms with E-state index in [0.29, 0.717) is 0 Å². The van der Waals surface area contributed by atoms with Crippen molar-refractivity contribution in [2.45, 2.75) is 6.42 Å². The second-order valence-corrected chi connectivity index (χ2v) is 3.15. The fourth-order valence-corrected chi connectivity index (χ4v) is 1.43. The molecule has 0 atom stereocenters. The lowest BCUT2D eigenvalue weighted by Crippen LogP contribution is -1.85. The van der Waals surface area contributed by atoms with Crippen LogP contribution in [-0.2, 0) is 6.42 Å². The molecule has 0 N–H and O–H groups in total. The highest BCUT2D eigenvalue weighted by Gasteiger charge is 1.92. The molecule has 0 spiro atoms. The zero-order valence-electron chi connectivity index (χ0n) is 8.30. The van der Waals surface area contributed by atoms with Crippen molar-refractivity contribution in [3.8, 4) is 0 Å². The molecular formula is C13H14Br2. The van der Waals surface area contributed by atoms with Crippen molar-refractivity contribution < 1.29 is 0 Å². The summed E-state index contributed by atoms with van der Waals surface area (Å²) >= 11 is 0. The summed E-state index contributed by atoms with van der Waals surface area (Å²) in [7, 11) is 0. The van der Waals surface area contributed by atoms with Crippen molar-refractivity contribution in [1.29, 1.82) is 0 Å². The van der Waals surface area contributed by atoms with Gasteiger partial charge in [-0.15, -0.1) is 34.0 Å². The van der Waals surface area contributed by atoms with Crippen molar-refractivity contribution in [1.82, 2.24) is 0 Å². The Morgan fingerprint density at radius 2 is 0.867 bits per heavy atom. The van der Waals surface area contributed by atoms with Gasteiger partial charge in [0.2, 0.25) is 0 Å². The molecule has 80 valence electrons. The Balaban J connectivity index is 0.000000980. The van der Waals surface area contributed by atoms with Crippen LogP contribution in [0.5, 0.6) is 0 Å². The minimum atomic E-state index is 0. The van der Waals surface area contributed by atoms with Gasteiger partial charge in [0, 0.05) is 0 Å². The van der Waals surface area contributed by atoms with Crippen LogP contribution in [-0.4, -0.2) is 0 Å². The van der Waals surface area contributed by atoms with Crippen molar-refractivity contribution in [3.05, 3.63) is 71.8 Å². The maximum Gasteiger partial charge on any atom is -0.00258 e. The van der Waals surface area contributed by atoms with Gasteiger partial charge in [0.1, 0.15) is 0 Å². The molecule has 2 heteroatoms. The maximum atomic E-state index is 2.16. The lowest BCUT2D eigenvalue weighted by molar-refractivity contribution is 1.19. The Morgan fingerprint density at radius 1 is 0.533 bits per heavy atom. The molecule has 0 aromatic heterocycles. The van der Waals surface area contributed by atoms with E-state index in [1.54, 1.807) is 0 Å². The minimum absolute atomic E-state index is 0. The summed E-state index contributed by atoms with van der Waals surface area (Å²) in [6, 6.07) is 21.1. The predicted octanol–water partition coefficient (Wildman–Crippen LogP) is 4.43. The molecule has 2 aromatic carbocycles. The first-order chi connectivity index (χ1) is 6.45. The molecule has 0 aliphatic rings. The number of hydrogen-bond donors (Lipinski definition) is 0. The summed E-state index contributed by atoms with van der Waals surface area (Å²) in [6.45, 7) is 0. The fourth-order valence-electron chi connectivity index (χ4n) is 1.43. The van der Waals surface area contributed by atoms with Gasteiger partial charge in [0.05, 0.1) is 0 Å². The van der Waals surface area contributed by atoms with Gasteiger partial charge >= 0.3 is 0 Å². The van der Waals surface area contributed by atoms with Crippen molar-refractivity contribution in [2.75, 3.05) is 0 Å². The molecule has 2 aromatic rings. The molecule has 0 aliphatic heterocycles. The normalized spacial score (nSPS) is 8.53. The second kappa shape index (κ2) is 7.66. The molecule has 0 unspecified atom stereocenters. The molecule has 0 radical (unpaired) electrons. The molecular weight excluding hydrogens is 316 g/mol. The topological polar surface area (TPSA) is 0 Å². The number of benzene rings is 2. The van der Waals surface area contributed by atoms with E-state index in [9.17, 15) is 0 Å². The van der Waals surface area contributed by atoms with Gasteiger partial charge < -0.3 is 0 Å². The maximum absolute atomic E-state index is 2.16. The zero-order valence-corrected chi connectivity index (χ0v) is 11.7. The van der Waals surface area contributed by atoms with E-state index in [1.807, 2.05) is 0 Å². The summed E-state index contributed by atoms with van der Waals surface area (Å²) in [6.07, 6.45) is 1.03. The molecule has 0 aliphatic carbocycles. The van der Waals surface area contributed by atoms with Gasteiger partial charge in [0.15, 0.2) is 0 Å². The number of rotatable bonds is 2. The summed E-state index contributed by atoms with van der Waals surface area (Å²) in [4.78, 5) is 0. The summed E-state index contributed by atoms with van der Waals surface area (Å²) in [5.74, 6) is 0. The summed E-state index contributed by atoms with van der Waals surface area (Å²) in [5, 5.41) is 0. The van der Waals surface area contributed by atoms with E-state index in [0.717, 1.165) is 6.42 Å². The summed E-state index contributed by atoms with van der Waals surface area (Å²) in [5.41, 5.74) is 2.74. The van der Waals surface area contributed by atoms with E-state index in [4.69, 9.17) is 0 Å². The molecule has 0 nitrogen and oxygen atoms in total. The number of hydrogen-bond acceptors (Lipinski definition) is 0. The first kappa shape index (κ1) is 14.4. The highest BCUT2D eigenvalue weighted by molar-refractivity contribution is 8.93. The SMILES string of the molecule is Br.Br.c1ccc(Cc2ccccc2)cc1. The van der Waals surface area contributed by atoms with Gasteiger partial charge in [-0.1, -0.05) is 60.7 Å². The lowest BCUT2D eigenvalue weighted by atomic mass is 10.1. The molecule has 15 heavy (non-hydrogen) atoms. The molecule has 0 saturated heterocycles. The van der Waals surface area contributed by atoms with Crippen LogP contribution in [0, 0.1) is 0 Å². The third-order valence-corrected chi connectivity index (χ3v) is 2.09. The Hall–Kier alpha value is -0.600. The van der Waals surface area contributed by atoms with Crippen LogP contribution < -0.4 is 0 Å². The molecule has 0 fully saturated rings. The van der Waals surface area contributed by atoms with Crippen LogP contribution in [0.15, 0.2) is 60.7 Å². The molecule has 0 saturated carbocycles. The Morgan fingerprint density at radius 3 is 1.20 bits per heavy atom. The van der Waals surface area contributed by atoms with Gasteiger partial charge in [-0.25, -0.2) is 0 Å². The largest absolute Gasteiger partial charge is 0.114 e. The Bertz CT molecular complexity index is 319. The third-order valence-electron chi connectivity index (χ3n) is 2.09. The van der Waals surface area contributed by atoms with Crippen LogP contribution in [0.2, 0.25) is 0 Å². The van der Waals surface area contributed by atoms with E-state index in [2.05, 4.69) is 60.7 Å². The van der Waals surface area contributed by atoms with Gasteiger partial charge in [-0.05, 0) is 17.5 Å². The Labute approximate surface area is 112 Å². The van der Waals surface area contributed by atoms with Crippen molar-refractivity contribution in [2.24, 2.45) is 0 Å². The van der Waals surface area contributed by atoms with Crippen molar-refractivity contribution >= 4 is 34.0 Å². The van der Waals surface area contributed by atoms with Gasteiger partial charge in [0.25, 0.3) is 0 Å². The van der Waals surface area contributed by atoms with Crippen LogP contribution in [0.25, 0.3) is 0 Å². The second-order valence-electron chi connectivity index (χ2n) is 3.15. The van der Waals surface area contributed by atoms with E-state index >= 15 is 0 Å². The molecule has 2 rings (SSSR count). The predicted molar refractivity (Wildman–Crippen MR) is 76.3 cm³/mol. The standard InChI is InChI=1S/C13H12.2BrH/c1-3-7-12(8-4-1)11-13-9-5-2-6-10-13;;/h1-10H,11H2;2*1H. The molecule has 0 bridgehead atoms. The highest BCUT2D eigenvalue weighted by Crippen LogP contribution is 2.07. The first-order valence-electron chi connectivity index (χ1n) is 4.53. The third kappa shape index (κ3) is 4.63. The molecule has 0 heterocycles. The monoisotopic (exact) mass is 328 g/mol.